The van der Waals surface area contributed by atoms with Gasteiger partial charge in [0.05, 0.1) is 30.9 Å². The third-order valence-electron chi connectivity index (χ3n) is 5.40. The minimum atomic E-state index is -0.427. The predicted molar refractivity (Wildman–Crippen MR) is 135 cm³/mol. The first-order chi connectivity index (χ1) is 16.5. The number of morpholine rings is 1. The van der Waals surface area contributed by atoms with Gasteiger partial charge in [-0.15, -0.1) is 0 Å². The van der Waals surface area contributed by atoms with Crippen LogP contribution in [0, 0.1) is 10.1 Å². The summed E-state index contributed by atoms with van der Waals surface area (Å²) in [7, 11) is 1.58. The van der Waals surface area contributed by atoms with Gasteiger partial charge in [0.1, 0.15) is 6.61 Å². The molecule has 8 nitrogen and oxygen atoms in total. The smallest absolute Gasteiger partial charge is 0.269 e. The first kappa shape index (κ1) is 23.7. The highest BCUT2D eigenvalue weighted by Crippen LogP contribution is 2.34. The Morgan fingerprint density at radius 1 is 1.09 bits per heavy atom. The second kappa shape index (κ2) is 11.1. The van der Waals surface area contributed by atoms with E-state index >= 15 is 0 Å². The molecule has 0 amide bonds. The van der Waals surface area contributed by atoms with Crippen LogP contribution in [0.1, 0.15) is 11.1 Å². The summed E-state index contributed by atoms with van der Waals surface area (Å²) in [6, 6.07) is 18.1. The van der Waals surface area contributed by atoms with Crippen LogP contribution in [0.25, 0.3) is 0 Å². The molecule has 176 valence electrons. The third-order valence-corrected chi connectivity index (χ3v) is 6.09. The topological polar surface area (TPSA) is 86.4 Å². The van der Waals surface area contributed by atoms with Crippen molar-refractivity contribution < 1.29 is 19.1 Å². The van der Waals surface area contributed by atoms with Crippen LogP contribution in [0.5, 0.6) is 11.5 Å². The van der Waals surface area contributed by atoms with Gasteiger partial charge in [-0.25, -0.2) is 0 Å². The van der Waals surface area contributed by atoms with E-state index in [9.17, 15) is 10.1 Å². The van der Waals surface area contributed by atoms with Crippen molar-refractivity contribution in [2.24, 2.45) is 4.99 Å². The minimum Gasteiger partial charge on any atom is -0.493 e. The van der Waals surface area contributed by atoms with Gasteiger partial charge in [-0.05, 0) is 70.0 Å². The summed E-state index contributed by atoms with van der Waals surface area (Å²) in [6.45, 7) is 3.55. The lowest BCUT2D eigenvalue weighted by Crippen LogP contribution is -2.36. The van der Waals surface area contributed by atoms with Crippen molar-refractivity contribution >= 4 is 39.2 Å². The molecule has 0 atom stereocenters. The molecule has 1 aliphatic heterocycles. The highest BCUT2D eigenvalue weighted by atomic mass is 79.9. The summed E-state index contributed by atoms with van der Waals surface area (Å²) < 4.78 is 17.6. The predicted octanol–water partition coefficient (Wildman–Crippen LogP) is 5.53. The fourth-order valence-electron chi connectivity index (χ4n) is 3.51. The van der Waals surface area contributed by atoms with Crippen LogP contribution >= 0.6 is 15.9 Å². The maximum atomic E-state index is 10.8. The van der Waals surface area contributed by atoms with Gasteiger partial charge in [-0.3, -0.25) is 15.1 Å². The van der Waals surface area contributed by atoms with Crippen LogP contribution in [0.15, 0.2) is 70.1 Å². The second-order valence-corrected chi connectivity index (χ2v) is 8.47. The lowest BCUT2D eigenvalue weighted by atomic mass is 10.2. The van der Waals surface area contributed by atoms with Crippen LogP contribution in [-0.4, -0.2) is 44.6 Å². The number of aliphatic imine (C=N–C) groups is 1. The Morgan fingerprint density at radius 3 is 2.44 bits per heavy atom. The molecule has 0 bridgehead atoms. The number of hydrogen-bond donors (Lipinski definition) is 0. The van der Waals surface area contributed by atoms with E-state index in [-0.39, 0.29) is 12.3 Å². The van der Waals surface area contributed by atoms with Crippen molar-refractivity contribution in [3.05, 3.63) is 86.4 Å². The maximum Gasteiger partial charge on any atom is 0.269 e. The van der Waals surface area contributed by atoms with Crippen molar-refractivity contribution in [3.63, 3.8) is 0 Å². The highest BCUT2D eigenvalue weighted by Gasteiger charge is 2.12. The Kier molecular flexibility index (Phi) is 7.76. The molecule has 1 fully saturated rings. The Hall–Kier alpha value is -3.43. The second-order valence-electron chi connectivity index (χ2n) is 7.61. The molecule has 9 heteroatoms. The summed E-state index contributed by atoms with van der Waals surface area (Å²) in [5, 5.41) is 10.8. The van der Waals surface area contributed by atoms with Crippen molar-refractivity contribution in [1.29, 1.82) is 0 Å². The largest absolute Gasteiger partial charge is 0.493 e. The van der Waals surface area contributed by atoms with Gasteiger partial charge in [0, 0.05) is 47.2 Å². The number of anilines is 1. The van der Waals surface area contributed by atoms with Gasteiger partial charge in [0.25, 0.3) is 5.69 Å². The monoisotopic (exact) mass is 525 g/mol. The summed E-state index contributed by atoms with van der Waals surface area (Å²) in [6.07, 6.45) is 1.77. The number of methoxy groups -OCH3 is 1. The van der Waals surface area contributed by atoms with E-state index in [1.807, 2.05) is 24.3 Å². The zero-order valence-corrected chi connectivity index (χ0v) is 20.2. The van der Waals surface area contributed by atoms with E-state index < -0.39 is 4.92 Å². The Balaban J connectivity index is 1.43. The lowest BCUT2D eigenvalue weighted by Gasteiger charge is -2.28. The van der Waals surface area contributed by atoms with Crippen molar-refractivity contribution in [3.8, 4) is 11.5 Å². The normalized spacial score (nSPS) is 13.8. The molecule has 0 N–H and O–H groups in total. The molecule has 3 aromatic rings. The van der Waals surface area contributed by atoms with E-state index in [0.29, 0.717) is 11.5 Å². The molecule has 0 unspecified atom stereocenters. The SMILES string of the molecule is COc1cc(C=Nc2ccc(N3CCOCC3)cc2)c(Br)cc1OCc1ccc([N+](=O)[O-])cc1. The molecule has 0 aliphatic carbocycles. The Morgan fingerprint density at radius 2 is 1.79 bits per heavy atom. The van der Waals surface area contributed by atoms with Gasteiger partial charge in [-0.1, -0.05) is 0 Å². The number of nitro benzene ring substituents is 1. The number of nitrogens with zero attached hydrogens (tertiary/aromatic N) is 3. The minimum absolute atomic E-state index is 0.0449. The average Bonchev–Trinajstić information content (AvgIpc) is 2.88. The van der Waals surface area contributed by atoms with E-state index in [1.54, 1.807) is 25.5 Å². The Bertz CT molecular complexity index is 1160. The summed E-state index contributed by atoms with van der Waals surface area (Å²) in [5.74, 6) is 1.12. The molecule has 0 spiro atoms. The zero-order valence-electron chi connectivity index (χ0n) is 18.6. The molecule has 1 heterocycles. The Labute approximate surface area is 206 Å². The van der Waals surface area contributed by atoms with E-state index in [1.165, 1.54) is 17.8 Å². The van der Waals surface area contributed by atoms with E-state index in [0.717, 1.165) is 47.6 Å². The molecule has 1 saturated heterocycles. The summed E-state index contributed by atoms with van der Waals surface area (Å²) in [5.41, 5.74) is 3.72. The van der Waals surface area contributed by atoms with Crippen molar-refractivity contribution in [2.45, 2.75) is 6.61 Å². The number of ether oxygens (including phenoxy) is 3. The average molecular weight is 526 g/mol. The number of halogens is 1. The van der Waals surface area contributed by atoms with Gasteiger partial charge >= 0.3 is 0 Å². The number of hydrogen-bond acceptors (Lipinski definition) is 7. The zero-order chi connectivity index (χ0) is 23.9. The molecule has 0 aromatic heterocycles. The van der Waals surface area contributed by atoms with Gasteiger partial charge in [-0.2, -0.15) is 0 Å². The van der Waals surface area contributed by atoms with E-state index in [2.05, 4.69) is 38.0 Å². The van der Waals surface area contributed by atoms with Crippen LogP contribution in [0.4, 0.5) is 17.1 Å². The van der Waals surface area contributed by atoms with Crippen LogP contribution in [0.3, 0.4) is 0 Å². The summed E-state index contributed by atoms with van der Waals surface area (Å²) in [4.78, 5) is 17.3. The molecular weight excluding hydrogens is 502 g/mol. The number of nitro groups is 1. The molecule has 34 heavy (non-hydrogen) atoms. The van der Waals surface area contributed by atoms with Crippen LogP contribution in [0.2, 0.25) is 0 Å². The van der Waals surface area contributed by atoms with Crippen molar-refractivity contribution in [2.75, 3.05) is 38.3 Å². The third kappa shape index (κ3) is 5.92. The fraction of sp³-hybridized carbons (Fsp3) is 0.240. The maximum absolute atomic E-state index is 10.8. The van der Waals surface area contributed by atoms with Crippen molar-refractivity contribution in [1.82, 2.24) is 0 Å². The molecule has 1 aliphatic rings. The molecule has 0 radical (unpaired) electrons. The first-order valence-corrected chi connectivity index (χ1v) is 11.5. The number of rotatable bonds is 8. The van der Waals surface area contributed by atoms with E-state index in [4.69, 9.17) is 14.2 Å². The standard InChI is InChI=1S/C25H24BrN3O5/c1-32-24-14-19(16-27-20-4-8-21(9-5-20)28-10-12-33-13-11-28)23(26)15-25(24)34-17-18-2-6-22(7-3-18)29(30)31/h2-9,14-16H,10-13,17H2,1H3. The molecule has 0 saturated carbocycles. The van der Waals surface area contributed by atoms with Gasteiger partial charge in [0.2, 0.25) is 0 Å². The quantitative estimate of drug-likeness (QED) is 0.218. The summed E-state index contributed by atoms with van der Waals surface area (Å²) >= 11 is 3.58. The number of non-ortho nitro benzene ring substituents is 1. The highest BCUT2D eigenvalue weighted by molar-refractivity contribution is 9.10. The lowest BCUT2D eigenvalue weighted by molar-refractivity contribution is -0.384. The van der Waals surface area contributed by atoms with Gasteiger partial charge in [0.15, 0.2) is 11.5 Å². The number of benzene rings is 3. The molecule has 3 aromatic carbocycles. The van der Waals surface area contributed by atoms with Gasteiger partial charge < -0.3 is 19.1 Å². The van der Waals surface area contributed by atoms with Crippen LogP contribution in [-0.2, 0) is 11.3 Å². The van der Waals surface area contributed by atoms with Crippen LogP contribution < -0.4 is 14.4 Å². The molecule has 4 rings (SSSR count). The fourth-order valence-corrected chi connectivity index (χ4v) is 3.94. The molecular formula is C25H24BrN3O5. The first-order valence-electron chi connectivity index (χ1n) is 10.7.